The Morgan fingerprint density at radius 1 is 1.32 bits per heavy atom. The summed E-state index contributed by atoms with van der Waals surface area (Å²) < 4.78 is 0. The Labute approximate surface area is 113 Å². The Bertz CT molecular complexity index is 693. The molecule has 2 aromatic rings. The van der Waals surface area contributed by atoms with Crippen LogP contribution in [0.3, 0.4) is 0 Å². The Hall–Kier alpha value is -2.21. The first-order valence-corrected chi connectivity index (χ1v) is 6.61. The fourth-order valence-electron chi connectivity index (χ4n) is 2.12. The summed E-state index contributed by atoms with van der Waals surface area (Å²) in [6.45, 7) is 2.11. The van der Waals surface area contributed by atoms with Gasteiger partial charge in [0.05, 0.1) is 28.9 Å². The third-order valence-electron chi connectivity index (χ3n) is 3.18. The molecule has 1 aliphatic heterocycles. The number of rotatable bonds is 2. The predicted octanol–water partition coefficient (Wildman–Crippen LogP) is 1.83. The highest BCUT2D eigenvalue weighted by atomic mass is 32.1. The lowest BCUT2D eigenvalue weighted by Crippen LogP contribution is -2.29. The number of aryl methyl sites for hydroxylation is 1. The first kappa shape index (κ1) is 11.9. The molecule has 2 heterocycles. The molecule has 2 amide bonds. The number of nitrogen functional groups attached to an aromatic ring is 1. The van der Waals surface area contributed by atoms with E-state index in [1.165, 1.54) is 16.2 Å². The molecule has 1 aromatic carbocycles. The lowest BCUT2D eigenvalue weighted by atomic mass is 10.1. The molecule has 1 aliphatic rings. The van der Waals surface area contributed by atoms with Crippen molar-refractivity contribution in [2.75, 3.05) is 5.73 Å². The Morgan fingerprint density at radius 2 is 2.11 bits per heavy atom. The van der Waals surface area contributed by atoms with Gasteiger partial charge in [-0.15, -0.1) is 11.3 Å². The zero-order chi connectivity index (χ0) is 13.6. The van der Waals surface area contributed by atoms with E-state index < -0.39 is 0 Å². The zero-order valence-corrected chi connectivity index (χ0v) is 11.0. The van der Waals surface area contributed by atoms with Crippen LogP contribution >= 0.6 is 11.3 Å². The van der Waals surface area contributed by atoms with Crippen molar-refractivity contribution in [3.63, 3.8) is 0 Å². The normalized spacial score (nSPS) is 14.1. The van der Waals surface area contributed by atoms with E-state index >= 15 is 0 Å². The first-order valence-electron chi connectivity index (χ1n) is 5.73. The minimum absolute atomic E-state index is 0.252. The molecule has 0 fully saturated rings. The number of fused-ring (bicyclic) bond motifs is 1. The van der Waals surface area contributed by atoms with Crippen molar-refractivity contribution in [2.24, 2.45) is 0 Å². The summed E-state index contributed by atoms with van der Waals surface area (Å²) in [6.07, 6.45) is 0. The molecule has 0 bridgehead atoms. The standard InChI is InChI=1S/C13H11N3O2S/c1-7-10(19-6-15-7)5-16-12(17)8-3-2-4-9(14)11(8)13(16)18/h2-4,6H,5,14H2,1H3. The quantitative estimate of drug-likeness (QED) is 0.669. The smallest absolute Gasteiger partial charge is 0.263 e. The van der Waals surface area contributed by atoms with E-state index in [2.05, 4.69) is 4.98 Å². The monoisotopic (exact) mass is 273 g/mol. The van der Waals surface area contributed by atoms with Crippen molar-refractivity contribution in [3.05, 3.63) is 45.4 Å². The maximum absolute atomic E-state index is 12.3. The van der Waals surface area contributed by atoms with Gasteiger partial charge in [0.2, 0.25) is 0 Å². The summed E-state index contributed by atoms with van der Waals surface area (Å²) in [4.78, 5) is 30.8. The highest BCUT2D eigenvalue weighted by Crippen LogP contribution is 2.29. The average Bonchev–Trinajstić information content (AvgIpc) is 2.88. The predicted molar refractivity (Wildman–Crippen MR) is 71.9 cm³/mol. The molecule has 0 saturated carbocycles. The van der Waals surface area contributed by atoms with Gasteiger partial charge in [-0.1, -0.05) is 6.07 Å². The van der Waals surface area contributed by atoms with E-state index in [1.807, 2.05) is 6.92 Å². The van der Waals surface area contributed by atoms with Crippen LogP contribution in [-0.4, -0.2) is 21.7 Å². The third kappa shape index (κ3) is 1.72. The number of hydrogen-bond acceptors (Lipinski definition) is 5. The number of imide groups is 1. The molecular formula is C13H11N3O2S. The minimum Gasteiger partial charge on any atom is -0.398 e. The van der Waals surface area contributed by atoms with Gasteiger partial charge in [-0.3, -0.25) is 14.5 Å². The van der Waals surface area contributed by atoms with Crippen molar-refractivity contribution >= 4 is 28.8 Å². The van der Waals surface area contributed by atoms with Crippen molar-refractivity contribution in [2.45, 2.75) is 13.5 Å². The SMILES string of the molecule is Cc1ncsc1CN1C(=O)c2cccc(N)c2C1=O. The van der Waals surface area contributed by atoms with Crippen LogP contribution in [-0.2, 0) is 6.54 Å². The summed E-state index contributed by atoms with van der Waals surface area (Å²) in [5, 5.41) is 0. The number of carbonyl (C=O) groups is 2. The summed E-state index contributed by atoms with van der Waals surface area (Å²) in [5.74, 6) is -0.619. The van der Waals surface area contributed by atoms with Gasteiger partial charge in [-0.05, 0) is 19.1 Å². The van der Waals surface area contributed by atoms with Crippen LogP contribution in [0.2, 0.25) is 0 Å². The van der Waals surface area contributed by atoms with Crippen LogP contribution in [0.5, 0.6) is 0 Å². The summed E-state index contributed by atoms with van der Waals surface area (Å²) in [7, 11) is 0. The number of amides is 2. The molecule has 19 heavy (non-hydrogen) atoms. The number of aromatic nitrogens is 1. The molecule has 2 N–H and O–H groups in total. The molecule has 0 spiro atoms. The van der Waals surface area contributed by atoms with Crippen LogP contribution < -0.4 is 5.73 Å². The third-order valence-corrected chi connectivity index (χ3v) is 4.10. The number of thiazole rings is 1. The van der Waals surface area contributed by atoms with E-state index in [9.17, 15) is 9.59 Å². The second-order valence-corrected chi connectivity index (χ2v) is 5.27. The van der Waals surface area contributed by atoms with E-state index in [0.717, 1.165) is 10.6 Å². The summed E-state index contributed by atoms with van der Waals surface area (Å²) in [6, 6.07) is 4.94. The zero-order valence-electron chi connectivity index (χ0n) is 10.2. The van der Waals surface area contributed by atoms with Crippen molar-refractivity contribution in [3.8, 4) is 0 Å². The first-order chi connectivity index (χ1) is 9.09. The van der Waals surface area contributed by atoms with Crippen LogP contribution in [0.1, 0.15) is 31.3 Å². The fraction of sp³-hybridized carbons (Fsp3) is 0.154. The van der Waals surface area contributed by atoms with E-state index in [1.54, 1.807) is 23.7 Å². The van der Waals surface area contributed by atoms with E-state index in [4.69, 9.17) is 5.73 Å². The van der Waals surface area contributed by atoms with Gasteiger partial charge in [0, 0.05) is 10.6 Å². The molecule has 3 rings (SSSR count). The van der Waals surface area contributed by atoms with Crippen LogP contribution in [0.15, 0.2) is 23.7 Å². The Kier molecular flexibility index (Phi) is 2.60. The van der Waals surface area contributed by atoms with Gasteiger partial charge >= 0.3 is 0 Å². The number of hydrogen-bond donors (Lipinski definition) is 1. The molecule has 0 aliphatic carbocycles. The topological polar surface area (TPSA) is 76.3 Å². The van der Waals surface area contributed by atoms with Gasteiger partial charge < -0.3 is 5.73 Å². The van der Waals surface area contributed by atoms with E-state index in [0.29, 0.717) is 16.8 Å². The van der Waals surface area contributed by atoms with Crippen molar-refractivity contribution in [1.29, 1.82) is 0 Å². The lowest BCUT2D eigenvalue weighted by molar-refractivity contribution is 0.0644. The second-order valence-electron chi connectivity index (χ2n) is 4.33. The van der Waals surface area contributed by atoms with Crippen molar-refractivity contribution < 1.29 is 9.59 Å². The molecule has 1 aromatic heterocycles. The van der Waals surface area contributed by atoms with Crippen LogP contribution in [0.25, 0.3) is 0 Å². The summed E-state index contributed by atoms with van der Waals surface area (Å²) >= 11 is 1.43. The Balaban J connectivity index is 1.99. The maximum atomic E-state index is 12.3. The molecule has 0 atom stereocenters. The number of nitrogens with zero attached hydrogens (tertiary/aromatic N) is 2. The van der Waals surface area contributed by atoms with Gasteiger partial charge in [-0.2, -0.15) is 0 Å². The number of carbonyl (C=O) groups excluding carboxylic acids is 2. The molecular weight excluding hydrogens is 262 g/mol. The number of benzene rings is 1. The van der Waals surface area contributed by atoms with Gasteiger partial charge in [-0.25, -0.2) is 4.98 Å². The molecule has 6 heteroatoms. The van der Waals surface area contributed by atoms with Gasteiger partial charge in [0.25, 0.3) is 11.8 Å². The highest BCUT2D eigenvalue weighted by Gasteiger charge is 2.37. The lowest BCUT2D eigenvalue weighted by Gasteiger charge is -2.12. The van der Waals surface area contributed by atoms with Gasteiger partial charge in [0.15, 0.2) is 0 Å². The van der Waals surface area contributed by atoms with E-state index in [-0.39, 0.29) is 18.4 Å². The second kappa shape index (κ2) is 4.17. The van der Waals surface area contributed by atoms with Crippen LogP contribution in [0.4, 0.5) is 5.69 Å². The average molecular weight is 273 g/mol. The molecule has 5 nitrogen and oxygen atoms in total. The molecule has 0 unspecified atom stereocenters. The van der Waals surface area contributed by atoms with Crippen LogP contribution in [0, 0.1) is 6.92 Å². The minimum atomic E-state index is -0.328. The largest absolute Gasteiger partial charge is 0.398 e. The highest BCUT2D eigenvalue weighted by molar-refractivity contribution is 7.09. The molecule has 0 saturated heterocycles. The van der Waals surface area contributed by atoms with Gasteiger partial charge in [0.1, 0.15) is 0 Å². The number of anilines is 1. The fourth-order valence-corrected chi connectivity index (χ4v) is 2.89. The number of nitrogens with two attached hydrogens (primary N) is 1. The maximum Gasteiger partial charge on any atom is 0.263 e. The summed E-state index contributed by atoms with van der Waals surface area (Å²) in [5.41, 5.74) is 9.37. The Morgan fingerprint density at radius 3 is 2.74 bits per heavy atom. The molecule has 96 valence electrons. The molecule has 0 radical (unpaired) electrons. The van der Waals surface area contributed by atoms with Crippen molar-refractivity contribution in [1.82, 2.24) is 9.88 Å².